The molecule has 0 saturated carbocycles. The molecule has 7 nitrogen and oxygen atoms in total. The van der Waals surface area contributed by atoms with Crippen LogP contribution < -0.4 is 11.4 Å². The zero-order valence-corrected chi connectivity index (χ0v) is 13.7. The number of nitrogens with two attached hydrogens (primary N) is 1. The van der Waals surface area contributed by atoms with Crippen molar-refractivity contribution in [3.05, 3.63) is 22.2 Å². The van der Waals surface area contributed by atoms with Gasteiger partial charge in [0.1, 0.15) is 41.0 Å². The van der Waals surface area contributed by atoms with E-state index in [0.717, 1.165) is 12.0 Å². The van der Waals surface area contributed by atoms with Gasteiger partial charge in [-0.2, -0.15) is 4.98 Å². The van der Waals surface area contributed by atoms with E-state index in [1.807, 2.05) is 29.9 Å². The Morgan fingerprint density at radius 3 is 2.80 bits per heavy atom. The summed E-state index contributed by atoms with van der Waals surface area (Å²) in [6.45, 7) is 3.79. The maximum Gasteiger partial charge on any atom is 0.351 e. The van der Waals surface area contributed by atoms with Crippen molar-refractivity contribution in [3.8, 4) is 0 Å². The van der Waals surface area contributed by atoms with Crippen LogP contribution in [0.3, 0.4) is 0 Å². The molecule has 0 radical (unpaired) electrons. The lowest BCUT2D eigenvalue weighted by Gasteiger charge is -2.21. The first-order valence-electron chi connectivity index (χ1n) is 6.34. The molecule has 8 heteroatoms. The Bertz CT molecular complexity index is 536. The highest BCUT2D eigenvalue weighted by Gasteiger charge is 2.46. The topological polar surface area (TPSA) is 88.6 Å². The normalized spacial score (nSPS) is 29.8. The molecule has 1 aliphatic heterocycles. The van der Waals surface area contributed by atoms with Gasteiger partial charge in [-0.25, -0.2) is 4.79 Å². The van der Waals surface area contributed by atoms with Crippen molar-refractivity contribution in [2.75, 3.05) is 12.8 Å². The van der Waals surface area contributed by atoms with Crippen LogP contribution in [0, 0.1) is 6.92 Å². The van der Waals surface area contributed by atoms with Crippen LogP contribution in [0.2, 0.25) is 0 Å². The van der Waals surface area contributed by atoms with Gasteiger partial charge >= 0.3 is 5.69 Å². The average molecular weight is 395 g/mol. The predicted octanol–water partition coefficient (Wildman–Crippen LogP) is 1.19. The van der Waals surface area contributed by atoms with Crippen LogP contribution in [0.1, 0.15) is 25.1 Å². The molecule has 112 valence electrons. The Morgan fingerprint density at radius 2 is 2.25 bits per heavy atom. The minimum atomic E-state index is -0.566. The fourth-order valence-corrected chi connectivity index (χ4v) is 3.00. The number of halogens is 1. The van der Waals surface area contributed by atoms with Gasteiger partial charge in [0, 0.05) is 18.9 Å². The molecule has 1 saturated heterocycles. The molecule has 2 rings (SSSR count). The van der Waals surface area contributed by atoms with Gasteiger partial charge in [0.05, 0.1) is 6.10 Å². The number of ether oxygens (including phenoxy) is 2. The van der Waals surface area contributed by atoms with Crippen molar-refractivity contribution in [2.45, 2.75) is 44.8 Å². The molecule has 2 unspecified atom stereocenters. The van der Waals surface area contributed by atoms with Crippen LogP contribution in [0.25, 0.3) is 0 Å². The Hall–Kier alpha value is -0.710. The van der Waals surface area contributed by atoms with Crippen molar-refractivity contribution in [2.24, 2.45) is 0 Å². The molecule has 1 fully saturated rings. The van der Waals surface area contributed by atoms with E-state index in [-0.39, 0.29) is 24.1 Å². The largest absolute Gasteiger partial charge is 0.383 e. The number of aryl methyl sites for hydroxylation is 1. The van der Waals surface area contributed by atoms with Gasteiger partial charge in [0.2, 0.25) is 0 Å². The van der Waals surface area contributed by atoms with Gasteiger partial charge in [-0.1, -0.05) is 6.92 Å². The predicted molar refractivity (Wildman–Crippen MR) is 81.5 cm³/mol. The molecule has 2 N–H and O–H groups in total. The lowest BCUT2D eigenvalue weighted by molar-refractivity contribution is -0.0534. The van der Waals surface area contributed by atoms with Crippen LogP contribution in [0.4, 0.5) is 5.82 Å². The third kappa shape index (κ3) is 2.69. The maximum atomic E-state index is 12.0. The van der Waals surface area contributed by atoms with Crippen LogP contribution in [0.5, 0.6) is 0 Å². The van der Waals surface area contributed by atoms with Crippen molar-refractivity contribution in [1.82, 2.24) is 9.55 Å². The van der Waals surface area contributed by atoms with Gasteiger partial charge in [-0.3, -0.25) is 4.57 Å². The van der Waals surface area contributed by atoms with E-state index in [1.54, 1.807) is 20.2 Å². The van der Waals surface area contributed by atoms with Gasteiger partial charge < -0.3 is 18.3 Å². The molecular weight excluding hydrogens is 377 g/mol. The number of rotatable bonds is 4. The van der Waals surface area contributed by atoms with Crippen LogP contribution in [-0.2, 0) is 12.5 Å². The first-order valence-corrected chi connectivity index (χ1v) is 7.22. The third-order valence-electron chi connectivity index (χ3n) is 3.51. The lowest BCUT2D eigenvalue weighted by Crippen LogP contribution is -2.37. The van der Waals surface area contributed by atoms with Crippen LogP contribution >= 0.6 is 23.0 Å². The van der Waals surface area contributed by atoms with Crippen molar-refractivity contribution >= 4 is 28.8 Å². The van der Waals surface area contributed by atoms with Gasteiger partial charge in [0.25, 0.3) is 0 Å². The van der Waals surface area contributed by atoms with Gasteiger partial charge in [-0.15, -0.1) is 0 Å². The molecule has 2 heterocycles. The number of aromatic nitrogens is 2. The van der Waals surface area contributed by atoms with Crippen LogP contribution in [-0.4, -0.2) is 35.0 Å². The number of hydrogen-bond acceptors (Lipinski definition) is 6. The molecule has 0 bridgehead atoms. The summed E-state index contributed by atoms with van der Waals surface area (Å²) in [5, 5.41) is 0. The summed E-state index contributed by atoms with van der Waals surface area (Å²) in [5.41, 5.74) is 5.90. The average Bonchev–Trinajstić information content (AvgIpc) is 2.80. The SMILES string of the molecule is CC[C@H]1O[C@@H](n2cc(C)c(N)nc2=O)C(OC)C1OI. The fourth-order valence-electron chi connectivity index (χ4n) is 2.38. The highest BCUT2D eigenvalue weighted by atomic mass is 127. The zero-order valence-electron chi connectivity index (χ0n) is 11.6. The number of anilines is 1. The van der Waals surface area contributed by atoms with Crippen molar-refractivity contribution in [3.63, 3.8) is 0 Å². The fraction of sp³-hybridized carbons (Fsp3) is 0.667. The summed E-state index contributed by atoms with van der Waals surface area (Å²) in [4.78, 5) is 15.8. The van der Waals surface area contributed by atoms with E-state index in [9.17, 15) is 4.79 Å². The summed E-state index contributed by atoms with van der Waals surface area (Å²) in [7, 11) is 1.57. The monoisotopic (exact) mass is 395 g/mol. The van der Waals surface area contributed by atoms with Gasteiger partial charge in [-0.05, 0) is 13.3 Å². The zero-order chi connectivity index (χ0) is 14.9. The smallest absolute Gasteiger partial charge is 0.351 e. The maximum absolute atomic E-state index is 12.0. The summed E-state index contributed by atoms with van der Waals surface area (Å²) < 4.78 is 18.2. The molecule has 0 amide bonds. The summed E-state index contributed by atoms with van der Waals surface area (Å²) in [5.74, 6) is 0.229. The molecule has 1 aromatic rings. The molecule has 4 atom stereocenters. The van der Waals surface area contributed by atoms with Gasteiger partial charge in [0.15, 0.2) is 6.23 Å². The third-order valence-corrected chi connectivity index (χ3v) is 4.10. The van der Waals surface area contributed by atoms with Crippen LogP contribution in [0.15, 0.2) is 11.0 Å². The van der Waals surface area contributed by atoms with Crippen molar-refractivity contribution in [1.29, 1.82) is 0 Å². The molecule has 0 spiro atoms. The molecule has 0 aromatic carbocycles. The summed E-state index contributed by atoms with van der Waals surface area (Å²) >= 11 is 1.83. The first-order chi connectivity index (χ1) is 9.53. The van der Waals surface area contributed by atoms with Crippen molar-refractivity contribution < 1.29 is 12.5 Å². The van der Waals surface area contributed by atoms with E-state index in [0.29, 0.717) is 0 Å². The van der Waals surface area contributed by atoms with E-state index in [1.165, 1.54) is 4.57 Å². The molecular formula is C12H18IN3O4. The molecule has 20 heavy (non-hydrogen) atoms. The summed E-state index contributed by atoms with van der Waals surface area (Å²) in [6.07, 6.45) is 1.10. The number of hydrogen-bond donors (Lipinski definition) is 1. The number of methoxy groups -OCH3 is 1. The van der Waals surface area contributed by atoms with E-state index in [2.05, 4.69) is 4.98 Å². The minimum absolute atomic E-state index is 0.133. The lowest BCUT2D eigenvalue weighted by atomic mass is 10.1. The van der Waals surface area contributed by atoms with E-state index in [4.69, 9.17) is 18.3 Å². The second-order valence-corrected chi connectivity index (χ2v) is 5.23. The Balaban J connectivity index is 2.41. The Labute approximate surface area is 131 Å². The molecule has 1 aromatic heterocycles. The standard InChI is InChI=1S/C12H18IN3O4/c1-4-7-8(20-13)9(18-3)11(19-7)16-5-6(2)10(14)15-12(16)17/h5,7-9,11H,4H2,1-3H3,(H2,14,15,17)/t7-,8?,9?,11-/m1/s1. The quantitative estimate of drug-likeness (QED) is 0.771. The number of nitrogen functional groups attached to an aromatic ring is 1. The molecule has 0 aliphatic carbocycles. The highest BCUT2D eigenvalue weighted by molar-refractivity contribution is 14.1. The highest BCUT2D eigenvalue weighted by Crippen LogP contribution is 2.35. The second-order valence-electron chi connectivity index (χ2n) is 4.73. The minimum Gasteiger partial charge on any atom is -0.383 e. The van der Waals surface area contributed by atoms with E-state index >= 15 is 0 Å². The summed E-state index contributed by atoms with van der Waals surface area (Å²) in [6, 6.07) is 0. The Morgan fingerprint density at radius 1 is 1.55 bits per heavy atom. The first kappa shape index (κ1) is 15.7. The van der Waals surface area contributed by atoms with E-state index < -0.39 is 11.9 Å². The number of nitrogens with zero attached hydrogens (tertiary/aromatic N) is 2. The molecule has 1 aliphatic rings. The Kier molecular flexibility index (Phi) is 4.99. The second kappa shape index (κ2) is 6.37.